The van der Waals surface area contributed by atoms with Crippen LogP contribution in [0.3, 0.4) is 0 Å². The molecule has 0 aromatic heterocycles. The topological polar surface area (TPSA) is 102 Å². The summed E-state index contributed by atoms with van der Waals surface area (Å²) < 4.78 is 6.12. The molecular weight excluding hydrogens is 513 g/mol. The summed E-state index contributed by atoms with van der Waals surface area (Å²) in [4.78, 5) is 37.6. The highest BCUT2D eigenvalue weighted by molar-refractivity contribution is 14.1. The second-order valence-corrected chi connectivity index (χ2v) is 8.98. The first-order chi connectivity index (χ1) is 14.7. The highest BCUT2D eigenvalue weighted by Crippen LogP contribution is 2.32. The van der Waals surface area contributed by atoms with E-state index in [1.165, 1.54) is 12.1 Å². The number of hydrogen-bond acceptors (Lipinski definition) is 6. The zero-order chi connectivity index (χ0) is 22.5. The highest BCUT2D eigenvalue weighted by Gasteiger charge is 2.25. The summed E-state index contributed by atoms with van der Waals surface area (Å²) in [5, 5.41) is 14.3. The van der Waals surface area contributed by atoms with Crippen molar-refractivity contribution in [3.05, 3.63) is 61.2 Å². The van der Waals surface area contributed by atoms with Gasteiger partial charge >= 0.3 is 5.97 Å². The Bertz CT molecular complexity index is 1010. The van der Waals surface area contributed by atoms with Crippen LogP contribution < -0.4 is 10.2 Å². The van der Waals surface area contributed by atoms with Crippen LogP contribution in [0.4, 0.5) is 17.1 Å². The van der Waals surface area contributed by atoms with Crippen LogP contribution in [-0.2, 0) is 9.53 Å². The molecule has 31 heavy (non-hydrogen) atoms. The summed E-state index contributed by atoms with van der Waals surface area (Å²) in [5.74, 6) is -0.810. The van der Waals surface area contributed by atoms with E-state index >= 15 is 0 Å². The van der Waals surface area contributed by atoms with E-state index in [0.29, 0.717) is 17.3 Å². The Balaban J connectivity index is 1.66. The van der Waals surface area contributed by atoms with Crippen molar-refractivity contribution in [3.8, 4) is 0 Å². The number of piperidine rings is 1. The minimum atomic E-state index is -0.781. The van der Waals surface area contributed by atoms with Crippen molar-refractivity contribution in [1.29, 1.82) is 0 Å². The molecule has 0 saturated carbocycles. The Kier molecular flexibility index (Phi) is 7.47. The van der Waals surface area contributed by atoms with Gasteiger partial charge in [-0.1, -0.05) is 6.92 Å². The van der Waals surface area contributed by atoms with Gasteiger partial charge < -0.3 is 15.0 Å². The standard InChI is InChI=1S/C22H24IN3O5/c1-14-4-3-9-25(12-14)19-8-5-16(11-20(19)26(29)30)22(28)31-13-21(27)24-18-7-6-17(23)10-15(18)2/h5-8,10-11,14H,3-4,9,12-13H2,1-2H3,(H,24,27). The van der Waals surface area contributed by atoms with Gasteiger partial charge in [0.1, 0.15) is 5.69 Å². The van der Waals surface area contributed by atoms with Crippen LogP contribution in [0.1, 0.15) is 35.7 Å². The third-order valence-corrected chi connectivity index (χ3v) is 5.87. The minimum Gasteiger partial charge on any atom is -0.452 e. The Labute approximate surface area is 194 Å². The number of aryl methyl sites for hydroxylation is 1. The molecule has 0 bridgehead atoms. The van der Waals surface area contributed by atoms with E-state index in [-0.39, 0.29) is 11.3 Å². The smallest absolute Gasteiger partial charge is 0.338 e. The molecule has 1 heterocycles. The Morgan fingerprint density at radius 1 is 1.29 bits per heavy atom. The van der Waals surface area contributed by atoms with Crippen LogP contribution in [0.25, 0.3) is 0 Å². The number of carbonyl (C=O) groups excluding carboxylic acids is 2. The highest BCUT2D eigenvalue weighted by atomic mass is 127. The molecule has 1 aliphatic rings. The van der Waals surface area contributed by atoms with Gasteiger partial charge in [0.2, 0.25) is 0 Å². The SMILES string of the molecule is Cc1cc(I)ccc1NC(=O)COC(=O)c1ccc(N2CCCC(C)C2)c([N+](=O)[O-])c1. The number of hydrogen-bond donors (Lipinski definition) is 1. The average molecular weight is 537 g/mol. The predicted octanol–water partition coefficient (Wildman–Crippen LogP) is 4.54. The number of nitro benzene ring substituents is 1. The number of nitrogens with zero attached hydrogens (tertiary/aromatic N) is 2. The number of esters is 1. The summed E-state index contributed by atoms with van der Waals surface area (Å²) in [6.07, 6.45) is 2.07. The van der Waals surface area contributed by atoms with E-state index < -0.39 is 23.4 Å². The molecule has 1 amide bonds. The van der Waals surface area contributed by atoms with Gasteiger partial charge in [0, 0.05) is 28.4 Å². The Morgan fingerprint density at radius 3 is 2.74 bits per heavy atom. The number of benzene rings is 2. The number of rotatable bonds is 6. The Hall–Kier alpha value is -2.69. The molecule has 8 nitrogen and oxygen atoms in total. The van der Waals surface area contributed by atoms with Crippen LogP contribution in [0.15, 0.2) is 36.4 Å². The lowest BCUT2D eigenvalue weighted by atomic mass is 9.99. The monoisotopic (exact) mass is 537 g/mol. The van der Waals surface area contributed by atoms with E-state index in [4.69, 9.17) is 4.74 Å². The fourth-order valence-electron chi connectivity index (χ4n) is 3.64. The van der Waals surface area contributed by atoms with Gasteiger partial charge in [-0.15, -0.1) is 0 Å². The van der Waals surface area contributed by atoms with Crippen molar-refractivity contribution >= 4 is 51.5 Å². The molecule has 2 aromatic rings. The fourth-order valence-corrected chi connectivity index (χ4v) is 4.29. The first-order valence-corrected chi connectivity index (χ1v) is 11.1. The summed E-state index contributed by atoms with van der Waals surface area (Å²) in [6, 6.07) is 9.87. The number of nitrogens with one attached hydrogen (secondary N) is 1. The minimum absolute atomic E-state index is 0.0405. The van der Waals surface area contributed by atoms with Gasteiger partial charge in [0.25, 0.3) is 11.6 Å². The zero-order valence-corrected chi connectivity index (χ0v) is 19.5. The van der Waals surface area contributed by atoms with Gasteiger partial charge in [-0.2, -0.15) is 0 Å². The summed E-state index contributed by atoms with van der Waals surface area (Å²) >= 11 is 2.18. The lowest BCUT2D eigenvalue weighted by molar-refractivity contribution is -0.384. The molecular formula is C22H24IN3O5. The first kappa shape index (κ1) is 23.0. The van der Waals surface area contributed by atoms with Gasteiger partial charge in [-0.3, -0.25) is 14.9 Å². The number of ether oxygens (including phenoxy) is 1. The molecule has 1 saturated heterocycles. The number of amides is 1. The van der Waals surface area contributed by atoms with E-state index in [2.05, 4.69) is 34.8 Å². The molecule has 3 rings (SSSR count). The Morgan fingerprint density at radius 2 is 2.06 bits per heavy atom. The molecule has 1 aliphatic heterocycles. The average Bonchev–Trinajstić information content (AvgIpc) is 2.73. The van der Waals surface area contributed by atoms with Crippen molar-refractivity contribution < 1.29 is 19.2 Å². The summed E-state index contributed by atoms with van der Waals surface area (Å²) in [5.41, 5.74) is 1.93. The van der Waals surface area contributed by atoms with Crippen LogP contribution in [0, 0.1) is 26.5 Å². The largest absolute Gasteiger partial charge is 0.452 e. The van der Waals surface area contributed by atoms with E-state index in [1.54, 1.807) is 12.1 Å². The van der Waals surface area contributed by atoms with Gasteiger partial charge in [0.05, 0.1) is 10.5 Å². The summed E-state index contributed by atoms with van der Waals surface area (Å²) in [7, 11) is 0. The quantitative estimate of drug-likeness (QED) is 0.251. The van der Waals surface area contributed by atoms with Crippen molar-refractivity contribution in [2.75, 3.05) is 29.9 Å². The molecule has 1 atom stereocenters. The predicted molar refractivity (Wildman–Crippen MR) is 127 cm³/mol. The van der Waals surface area contributed by atoms with Crippen molar-refractivity contribution in [1.82, 2.24) is 0 Å². The molecule has 0 aliphatic carbocycles. The van der Waals surface area contributed by atoms with Crippen LogP contribution in [0.2, 0.25) is 0 Å². The molecule has 2 aromatic carbocycles. The normalized spacial score (nSPS) is 16.0. The molecule has 1 unspecified atom stereocenters. The lowest BCUT2D eigenvalue weighted by Crippen LogP contribution is -2.34. The third kappa shape index (κ3) is 5.93. The first-order valence-electron chi connectivity index (χ1n) is 10.0. The number of anilines is 2. The maximum Gasteiger partial charge on any atom is 0.338 e. The van der Waals surface area contributed by atoms with Crippen molar-refractivity contribution in [2.24, 2.45) is 5.92 Å². The lowest BCUT2D eigenvalue weighted by Gasteiger charge is -2.32. The van der Waals surface area contributed by atoms with Crippen LogP contribution >= 0.6 is 22.6 Å². The molecule has 0 spiro atoms. The van der Waals surface area contributed by atoms with E-state index in [0.717, 1.165) is 35.1 Å². The maximum atomic E-state index is 12.4. The van der Waals surface area contributed by atoms with Gasteiger partial charge in [-0.05, 0) is 84.2 Å². The number of halogens is 1. The van der Waals surface area contributed by atoms with Crippen LogP contribution in [0.5, 0.6) is 0 Å². The maximum absolute atomic E-state index is 12.4. The van der Waals surface area contributed by atoms with Gasteiger partial charge in [-0.25, -0.2) is 4.79 Å². The second kappa shape index (κ2) is 10.1. The van der Waals surface area contributed by atoms with Crippen LogP contribution in [-0.4, -0.2) is 36.5 Å². The molecule has 164 valence electrons. The summed E-state index contributed by atoms with van der Waals surface area (Å²) in [6.45, 7) is 4.99. The zero-order valence-electron chi connectivity index (χ0n) is 17.4. The fraction of sp³-hybridized carbons (Fsp3) is 0.364. The molecule has 1 fully saturated rings. The second-order valence-electron chi connectivity index (χ2n) is 7.74. The molecule has 9 heteroatoms. The number of carbonyl (C=O) groups is 2. The number of nitro groups is 1. The molecule has 0 radical (unpaired) electrons. The van der Waals surface area contributed by atoms with Crippen molar-refractivity contribution in [3.63, 3.8) is 0 Å². The van der Waals surface area contributed by atoms with E-state index in [9.17, 15) is 19.7 Å². The third-order valence-electron chi connectivity index (χ3n) is 5.20. The van der Waals surface area contributed by atoms with Crippen molar-refractivity contribution in [2.45, 2.75) is 26.7 Å². The van der Waals surface area contributed by atoms with Gasteiger partial charge in [0.15, 0.2) is 6.61 Å². The molecule has 1 N–H and O–H groups in total. The van der Waals surface area contributed by atoms with E-state index in [1.807, 2.05) is 24.0 Å².